The highest BCUT2D eigenvalue weighted by atomic mass is 32.2. The Kier molecular flexibility index (Phi) is 7.41. The van der Waals surface area contributed by atoms with Crippen molar-refractivity contribution in [3.05, 3.63) is 29.8 Å². The van der Waals surface area contributed by atoms with Gasteiger partial charge < -0.3 is 10.2 Å². The zero-order chi connectivity index (χ0) is 21.8. The van der Waals surface area contributed by atoms with Gasteiger partial charge in [-0.1, -0.05) is 19.9 Å². The van der Waals surface area contributed by atoms with E-state index in [9.17, 15) is 26.4 Å². The second kappa shape index (κ2) is 9.23. The summed E-state index contributed by atoms with van der Waals surface area (Å²) in [7, 11) is -6.82. The lowest BCUT2D eigenvalue weighted by Crippen LogP contribution is -2.51. The molecule has 1 fully saturated rings. The van der Waals surface area contributed by atoms with Crippen molar-refractivity contribution >= 4 is 31.7 Å². The maximum absolute atomic E-state index is 12.6. The summed E-state index contributed by atoms with van der Waals surface area (Å²) >= 11 is 0. The first-order valence-electron chi connectivity index (χ1n) is 9.42. The summed E-state index contributed by atoms with van der Waals surface area (Å²) in [6.07, 6.45) is 0. The Labute approximate surface area is 172 Å². The Hall–Kier alpha value is -1.98. The predicted octanol–water partition coefficient (Wildman–Crippen LogP) is 0.0924. The van der Waals surface area contributed by atoms with E-state index in [0.29, 0.717) is 13.1 Å². The van der Waals surface area contributed by atoms with E-state index in [1.54, 1.807) is 13.8 Å². The molecule has 0 aromatic heterocycles. The van der Waals surface area contributed by atoms with Gasteiger partial charge in [-0.3, -0.25) is 9.59 Å². The number of nitrogens with one attached hydrogen (secondary N) is 1. The monoisotopic (exact) mass is 445 g/mol. The van der Waals surface area contributed by atoms with Gasteiger partial charge in [0.2, 0.25) is 15.9 Å². The van der Waals surface area contributed by atoms with Gasteiger partial charge >= 0.3 is 0 Å². The molecule has 0 saturated carbocycles. The van der Waals surface area contributed by atoms with Gasteiger partial charge in [-0.25, -0.2) is 16.8 Å². The largest absolute Gasteiger partial charge is 0.341 e. The third-order valence-corrected chi connectivity index (χ3v) is 8.47. The van der Waals surface area contributed by atoms with Crippen LogP contribution in [0, 0.1) is 0 Å². The molecule has 2 amide bonds. The number of sulfone groups is 1. The number of rotatable bonds is 7. The van der Waals surface area contributed by atoms with E-state index >= 15 is 0 Å². The van der Waals surface area contributed by atoms with Crippen LogP contribution in [-0.4, -0.2) is 81.6 Å². The van der Waals surface area contributed by atoms with Crippen LogP contribution in [0.25, 0.3) is 0 Å². The predicted molar refractivity (Wildman–Crippen MR) is 109 cm³/mol. The third kappa shape index (κ3) is 5.55. The maximum Gasteiger partial charge on any atom is 0.251 e. The van der Waals surface area contributed by atoms with Gasteiger partial charge in [0.05, 0.1) is 16.4 Å². The smallest absolute Gasteiger partial charge is 0.251 e. The highest BCUT2D eigenvalue weighted by Crippen LogP contribution is 2.17. The molecule has 1 aromatic carbocycles. The van der Waals surface area contributed by atoms with Crippen LogP contribution >= 0.6 is 0 Å². The molecular formula is C18H27N3O6S2. The Balaban J connectivity index is 2.10. The van der Waals surface area contributed by atoms with Gasteiger partial charge in [-0.15, -0.1) is 0 Å². The summed E-state index contributed by atoms with van der Waals surface area (Å²) in [5.41, 5.74) is 0.124. The first-order valence-corrected chi connectivity index (χ1v) is 12.7. The number of nitrogens with zero attached hydrogens (tertiary/aromatic N) is 2. The van der Waals surface area contributed by atoms with Crippen molar-refractivity contribution in [3.63, 3.8) is 0 Å². The minimum absolute atomic E-state index is 0.00840. The van der Waals surface area contributed by atoms with Gasteiger partial charge in [0, 0.05) is 31.7 Å². The molecule has 0 radical (unpaired) electrons. The van der Waals surface area contributed by atoms with E-state index in [0.717, 1.165) is 0 Å². The molecule has 162 valence electrons. The average molecular weight is 446 g/mol. The summed E-state index contributed by atoms with van der Waals surface area (Å²) in [4.78, 5) is 26.4. The fourth-order valence-corrected chi connectivity index (χ4v) is 5.76. The fourth-order valence-electron chi connectivity index (χ4n) is 3.06. The molecule has 29 heavy (non-hydrogen) atoms. The summed E-state index contributed by atoms with van der Waals surface area (Å²) in [6, 6.07) is 4.79. The lowest BCUT2D eigenvalue weighted by Gasteiger charge is -2.29. The van der Waals surface area contributed by atoms with E-state index in [-0.39, 0.29) is 41.0 Å². The lowest BCUT2D eigenvalue weighted by atomic mass is 10.2. The Morgan fingerprint density at radius 3 is 2.31 bits per heavy atom. The van der Waals surface area contributed by atoms with Crippen LogP contribution in [0.15, 0.2) is 29.2 Å². The van der Waals surface area contributed by atoms with Gasteiger partial charge in [0.25, 0.3) is 5.91 Å². The highest BCUT2D eigenvalue weighted by molar-refractivity contribution is 7.91. The molecule has 1 aromatic rings. The molecule has 2 rings (SSSR count). The van der Waals surface area contributed by atoms with Crippen molar-refractivity contribution in [1.82, 2.24) is 14.5 Å². The topological polar surface area (TPSA) is 121 Å². The van der Waals surface area contributed by atoms with Crippen LogP contribution in [0.1, 0.15) is 31.1 Å². The Bertz CT molecular complexity index is 957. The number of carbonyl (C=O) groups excluding carboxylic acids is 2. The molecule has 9 nitrogen and oxygen atoms in total. The summed E-state index contributed by atoms with van der Waals surface area (Å²) in [5.74, 6) is -1.14. The molecule has 1 saturated heterocycles. The van der Waals surface area contributed by atoms with Gasteiger partial charge in [0.1, 0.15) is 6.04 Å². The maximum atomic E-state index is 12.6. The molecule has 1 heterocycles. The fraction of sp³-hybridized carbons (Fsp3) is 0.556. The SMILES string of the molecule is CCN(CC)S(=O)(=O)c1cccc(C(=O)NC(C)C(=O)N2CCS(=O)(=O)CC2)c1. The zero-order valence-corrected chi connectivity index (χ0v) is 18.4. The molecule has 0 spiro atoms. The van der Waals surface area contributed by atoms with E-state index in [1.165, 1.54) is 40.4 Å². The number of hydrogen-bond donors (Lipinski definition) is 1. The van der Waals surface area contributed by atoms with Crippen molar-refractivity contribution in [2.24, 2.45) is 0 Å². The summed E-state index contributed by atoms with van der Waals surface area (Å²) < 4.78 is 49.6. The van der Waals surface area contributed by atoms with Crippen molar-refractivity contribution in [2.45, 2.75) is 31.7 Å². The number of hydrogen-bond acceptors (Lipinski definition) is 6. The Morgan fingerprint density at radius 2 is 1.76 bits per heavy atom. The van der Waals surface area contributed by atoms with Crippen LogP contribution in [-0.2, 0) is 24.7 Å². The quantitative estimate of drug-likeness (QED) is 0.635. The first-order chi connectivity index (χ1) is 13.5. The standard InChI is InChI=1S/C18H27N3O6S2/c1-4-21(5-2)29(26,27)16-8-6-7-15(13-16)17(22)19-14(3)18(23)20-9-11-28(24,25)12-10-20/h6-8,13-14H,4-5,9-12H2,1-3H3,(H,19,22). The number of benzene rings is 1. The molecule has 11 heteroatoms. The van der Waals surface area contributed by atoms with Crippen molar-refractivity contribution in [3.8, 4) is 0 Å². The molecular weight excluding hydrogens is 418 g/mol. The van der Waals surface area contributed by atoms with Gasteiger partial charge in [0.15, 0.2) is 9.84 Å². The van der Waals surface area contributed by atoms with Crippen molar-refractivity contribution in [2.75, 3.05) is 37.7 Å². The van der Waals surface area contributed by atoms with E-state index < -0.39 is 31.8 Å². The molecule has 1 aliphatic rings. The summed E-state index contributed by atoms with van der Waals surface area (Å²) in [6.45, 7) is 5.80. The second-order valence-electron chi connectivity index (χ2n) is 6.79. The summed E-state index contributed by atoms with van der Waals surface area (Å²) in [5, 5.41) is 2.56. The van der Waals surface area contributed by atoms with Crippen LogP contribution in [0.4, 0.5) is 0 Å². The molecule has 1 N–H and O–H groups in total. The molecule has 0 aliphatic carbocycles. The van der Waals surface area contributed by atoms with Gasteiger partial charge in [-0.2, -0.15) is 4.31 Å². The first kappa shape index (κ1) is 23.3. The van der Waals surface area contributed by atoms with Crippen LogP contribution in [0.5, 0.6) is 0 Å². The number of sulfonamides is 1. The number of amides is 2. The normalized spacial score (nSPS) is 17.7. The Morgan fingerprint density at radius 1 is 1.17 bits per heavy atom. The minimum Gasteiger partial charge on any atom is -0.341 e. The van der Waals surface area contributed by atoms with E-state index in [4.69, 9.17) is 0 Å². The van der Waals surface area contributed by atoms with Crippen molar-refractivity contribution in [1.29, 1.82) is 0 Å². The zero-order valence-electron chi connectivity index (χ0n) is 16.8. The van der Waals surface area contributed by atoms with Gasteiger partial charge in [-0.05, 0) is 25.1 Å². The van der Waals surface area contributed by atoms with E-state index in [2.05, 4.69) is 5.32 Å². The average Bonchev–Trinajstić information content (AvgIpc) is 2.68. The lowest BCUT2D eigenvalue weighted by molar-refractivity contribution is -0.132. The minimum atomic E-state index is -3.71. The number of carbonyl (C=O) groups is 2. The second-order valence-corrected chi connectivity index (χ2v) is 11.0. The third-order valence-electron chi connectivity index (χ3n) is 4.81. The van der Waals surface area contributed by atoms with Crippen molar-refractivity contribution < 1.29 is 26.4 Å². The molecule has 0 bridgehead atoms. The molecule has 1 atom stereocenters. The van der Waals surface area contributed by atoms with Crippen LogP contribution < -0.4 is 5.32 Å². The highest BCUT2D eigenvalue weighted by Gasteiger charge is 2.29. The molecule has 1 aliphatic heterocycles. The van der Waals surface area contributed by atoms with E-state index in [1.807, 2.05) is 0 Å². The molecule has 1 unspecified atom stereocenters. The van der Waals surface area contributed by atoms with Crippen LogP contribution in [0.2, 0.25) is 0 Å². The van der Waals surface area contributed by atoms with Crippen LogP contribution in [0.3, 0.4) is 0 Å².